The average molecular weight is 264 g/mol. The average Bonchev–Trinajstić information content (AvgIpc) is 2.38. The molecule has 0 radical (unpaired) electrons. The molecule has 18 heavy (non-hydrogen) atoms. The van der Waals surface area contributed by atoms with Gasteiger partial charge in [0.2, 0.25) is 0 Å². The summed E-state index contributed by atoms with van der Waals surface area (Å²) in [6, 6.07) is -0.534. The molecule has 0 bridgehead atoms. The number of amides is 2. The molecule has 0 aliphatic heterocycles. The molecule has 0 aliphatic rings. The maximum Gasteiger partial charge on any atom is 0.312 e. The Balaban J connectivity index is 0. The molecule has 0 fully saturated rings. The van der Waals surface area contributed by atoms with Crippen LogP contribution in [-0.4, -0.2) is 52.2 Å². The first-order valence-corrected chi connectivity index (χ1v) is 6.54. The van der Waals surface area contributed by atoms with E-state index >= 15 is 0 Å². The Bertz CT molecular complexity index is 168. The highest BCUT2D eigenvalue weighted by molar-refractivity contribution is 5.71. The summed E-state index contributed by atoms with van der Waals surface area (Å²) in [6.45, 7) is 9.96. The highest BCUT2D eigenvalue weighted by Gasteiger charge is 1.92. The van der Waals surface area contributed by atoms with Gasteiger partial charge in [0.25, 0.3) is 0 Å². The molecule has 0 unspecified atom stereocenters. The Morgan fingerprint density at radius 2 is 1.39 bits per heavy atom. The van der Waals surface area contributed by atoms with Crippen LogP contribution in [0, 0.1) is 0 Å². The fourth-order valence-corrected chi connectivity index (χ4v) is 0.933. The third kappa shape index (κ3) is 20.5. The van der Waals surface area contributed by atoms with E-state index in [1.165, 1.54) is 0 Å². The third-order valence-electron chi connectivity index (χ3n) is 1.64. The second-order valence-electron chi connectivity index (χ2n) is 3.13. The first kappa shape index (κ1) is 19.5. The van der Waals surface area contributed by atoms with Crippen molar-refractivity contribution in [2.75, 3.05) is 46.2 Å². The first-order valence-electron chi connectivity index (χ1n) is 6.54. The molecule has 0 saturated heterocycles. The predicted octanol–water partition coefficient (Wildman–Crippen LogP) is 1.14. The van der Waals surface area contributed by atoms with E-state index < -0.39 is 6.03 Å². The van der Waals surface area contributed by atoms with Crippen LogP contribution in [0.2, 0.25) is 0 Å². The minimum Gasteiger partial charge on any atom is -0.379 e. The zero-order valence-corrected chi connectivity index (χ0v) is 11.9. The second kappa shape index (κ2) is 18.5. The summed E-state index contributed by atoms with van der Waals surface area (Å²) < 4.78 is 15.6. The van der Waals surface area contributed by atoms with Crippen LogP contribution in [0.3, 0.4) is 0 Å². The van der Waals surface area contributed by atoms with Gasteiger partial charge >= 0.3 is 6.03 Å². The zero-order chi connectivity index (χ0) is 14.1. The smallest absolute Gasteiger partial charge is 0.312 e. The van der Waals surface area contributed by atoms with Crippen LogP contribution >= 0.6 is 0 Å². The van der Waals surface area contributed by atoms with E-state index in [0.29, 0.717) is 39.6 Å². The number of ether oxygens (including phenoxy) is 3. The maximum absolute atomic E-state index is 10.3. The second-order valence-corrected chi connectivity index (χ2v) is 3.13. The number of rotatable bonds is 11. The van der Waals surface area contributed by atoms with Gasteiger partial charge in [-0.15, -0.1) is 0 Å². The number of hydrogen-bond donors (Lipinski definition) is 2. The fourth-order valence-electron chi connectivity index (χ4n) is 0.933. The molecule has 0 spiro atoms. The lowest BCUT2D eigenvalue weighted by molar-refractivity contribution is 0.0155. The summed E-state index contributed by atoms with van der Waals surface area (Å²) in [6.07, 6.45) is 1.02. The molecule has 0 aliphatic carbocycles. The first-order chi connectivity index (χ1) is 8.77. The van der Waals surface area contributed by atoms with E-state index in [4.69, 9.17) is 19.9 Å². The number of urea groups is 1. The third-order valence-corrected chi connectivity index (χ3v) is 1.64. The molecule has 0 atom stereocenters. The summed E-state index contributed by atoms with van der Waals surface area (Å²) >= 11 is 0. The maximum atomic E-state index is 10.3. The van der Waals surface area contributed by atoms with Crippen molar-refractivity contribution in [1.82, 2.24) is 5.32 Å². The molecule has 0 aromatic heterocycles. The highest BCUT2D eigenvalue weighted by Crippen LogP contribution is 1.82. The minimum absolute atomic E-state index is 0.426. The molecule has 3 N–H and O–H groups in total. The number of nitrogens with one attached hydrogen (secondary N) is 1. The Morgan fingerprint density at radius 1 is 0.944 bits per heavy atom. The normalized spacial score (nSPS) is 9.50. The molecule has 0 rings (SSSR count). The monoisotopic (exact) mass is 264 g/mol. The van der Waals surface area contributed by atoms with Gasteiger partial charge in [-0.25, -0.2) is 4.79 Å². The van der Waals surface area contributed by atoms with Crippen molar-refractivity contribution in [2.24, 2.45) is 5.73 Å². The Labute approximate surface area is 110 Å². The number of carbonyl (C=O) groups is 1. The van der Waals surface area contributed by atoms with Crippen LogP contribution in [0.1, 0.15) is 27.2 Å². The van der Waals surface area contributed by atoms with Crippen molar-refractivity contribution in [3.63, 3.8) is 0 Å². The van der Waals surface area contributed by atoms with Crippen molar-refractivity contribution in [3.8, 4) is 0 Å². The van der Waals surface area contributed by atoms with Crippen molar-refractivity contribution in [3.05, 3.63) is 0 Å². The SMILES string of the molecule is CC.CCCOCCOCCOCCNC(N)=O. The summed E-state index contributed by atoms with van der Waals surface area (Å²) in [4.78, 5) is 10.3. The highest BCUT2D eigenvalue weighted by atomic mass is 16.5. The number of nitrogens with two attached hydrogens (primary N) is 1. The van der Waals surface area contributed by atoms with E-state index in [2.05, 4.69) is 12.2 Å². The molecule has 0 heterocycles. The molecular weight excluding hydrogens is 236 g/mol. The molecule has 0 aromatic rings. The molecule has 110 valence electrons. The van der Waals surface area contributed by atoms with Crippen LogP contribution in [0.4, 0.5) is 4.79 Å². The summed E-state index contributed by atoms with van der Waals surface area (Å²) in [5.41, 5.74) is 4.87. The van der Waals surface area contributed by atoms with Crippen LogP contribution < -0.4 is 11.1 Å². The van der Waals surface area contributed by atoms with E-state index in [0.717, 1.165) is 13.0 Å². The largest absolute Gasteiger partial charge is 0.379 e. The van der Waals surface area contributed by atoms with Gasteiger partial charge in [0.05, 0.1) is 33.0 Å². The quantitative estimate of drug-likeness (QED) is 0.548. The molecule has 2 amide bonds. The van der Waals surface area contributed by atoms with Crippen molar-refractivity contribution in [2.45, 2.75) is 27.2 Å². The lowest BCUT2D eigenvalue weighted by atomic mass is 10.5. The molecule has 0 aromatic carbocycles. The Hall–Kier alpha value is -0.850. The van der Waals surface area contributed by atoms with Gasteiger partial charge in [-0.1, -0.05) is 20.8 Å². The van der Waals surface area contributed by atoms with Crippen molar-refractivity contribution < 1.29 is 19.0 Å². The lowest BCUT2D eigenvalue weighted by Gasteiger charge is -2.06. The molecule has 6 heteroatoms. The van der Waals surface area contributed by atoms with Crippen molar-refractivity contribution in [1.29, 1.82) is 0 Å². The van der Waals surface area contributed by atoms with E-state index in [1.54, 1.807) is 0 Å². The minimum atomic E-state index is -0.534. The van der Waals surface area contributed by atoms with Crippen LogP contribution in [0.25, 0.3) is 0 Å². The van der Waals surface area contributed by atoms with Gasteiger partial charge in [-0.05, 0) is 6.42 Å². The van der Waals surface area contributed by atoms with Gasteiger partial charge in [-0.2, -0.15) is 0 Å². The Morgan fingerprint density at radius 3 is 1.83 bits per heavy atom. The van der Waals surface area contributed by atoms with Crippen LogP contribution in [-0.2, 0) is 14.2 Å². The van der Waals surface area contributed by atoms with E-state index in [1.807, 2.05) is 13.8 Å². The van der Waals surface area contributed by atoms with Crippen molar-refractivity contribution >= 4 is 6.03 Å². The lowest BCUT2D eigenvalue weighted by Crippen LogP contribution is -2.32. The van der Waals surface area contributed by atoms with E-state index in [9.17, 15) is 4.79 Å². The zero-order valence-electron chi connectivity index (χ0n) is 11.9. The number of carbonyl (C=O) groups excluding carboxylic acids is 1. The van der Waals surface area contributed by atoms with Gasteiger partial charge < -0.3 is 25.3 Å². The molecule has 0 saturated carbocycles. The predicted molar refractivity (Wildman–Crippen MR) is 71.7 cm³/mol. The molecular formula is C12H28N2O4. The summed E-state index contributed by atoms with van der Waals surface area (Å²) in [5.74, 6) is 0. The standard InChI is InChI=1S/C10H22N2O4.C2H6/c1-2-4-14-6-8-16-9-7-15-5-3-12-10(11)13;1-2/h2-9H2,1H3,(H3,11,12,13);1-2H3. The number of hydrogen-bond acceptors (Lipinski definition) is 4. The van der Waals surface area contributed by atoms with Gasteiger partial charge in [0.1, 0.15) is 0 Å². The van der Waals surface area contributed by atoms with Gasteiger partial charge in [0, 0.05) is 13.2 Å². The fraction of sp³-hybridized carbons (Fsp3) is 0.917. The number of primary amides is 1. The van der Waals surface area contributed by atoms with Gasteiger partial charge in [-0.3, -0.25) is 0 Å². The summed E-state index contributed by atoms with van der Waals surface area (Å²) in [5, 5.41) is 2.42. The van der Waals surface area contributed by atoms with Gasteiger partial charge in [0.15, 0.2) is 0 Å². The topological polar surface area (TPSA) is 82.8 Å². The Kier molecular flexibility index (Phi) is 20.0. The van der Waals surface area contributed by atoms with Crippen LogP contribution in [0.5, 0.6) is 0 Å². The molecule has 6 nitrogen and oxygen atoms in total. The van der Waals surface area contributed by atoms with E-state index in [-0.39, 0.29) is 0 Å². The summed E-state index contributed by atoms with van der Waals surface area (Å²) in [7, 11) is 0. The van der Waals surface area contributed by atoms with Crippen LogP contribution in [0.15, 0.2) is 0 Å².